The minimum absolute atomic E-state index is 0.510. The number of benzene rings is 1. The zero-order chi connectivity index (χ0) is 10.6. The maximum Gasteiger partial charge on any atom is 0.0799 e. The van der Waals surface area contributed by atoms with Gasteiger partial charge in [-0.05, 0) is 30.5 Å². The molecule has 0 bridgehead atoms. The van der Waals surface area contributed by atoms with Crippen molar-refractivity contribution in [2.24, 2.45) is 0 Å². The number of aryl methyl sites for hydroxylation is 1. The summed E-state index contributed by atoms with van der Waals surface area (Å²) in [7, 11) is 0. The number of aliphatic hydroxyl groups excluding tert-OH is 1. The van der Waals surface area contributed by atoms with Gasteiger partial charge in [-0.1, -0.05) is 23.7 Å². The van der Waals surface area contributed by atoms with Gasteiger partial charge in [0, 0.05) is 11.4 Å². The molecule has 0 amide bonds. The quantitative estimate of drug-likeness (QED) is 0.757. The normalized spacial score (nSPS) is 12.1. The van der Waals surface area contributed by atoms with Crippen LogP contribution in [0.4, 0.5) is 0 Å². The van der Waals surface area contributed by atoms with Crippen molar-refractivity contribution in [3.8, 4) is 12.3 Å². The van der Waals surface area contributed by atoms with E-state index in [1.807, 2.05) is 19.1 Å². The monoisotopic (exact) mass is 208 g/mol. The third-order valence-corrected chi connectivity index (χ3v) is 2.55. The molecule has 1 unspecified atom stereocenters. The number of rotatable bonds is 3. The van der Waals surface area contributed by atoms with E-state index in [2.05, 4.69) is 5.92 Å². The second-order valence-electron chi connectivity index (χ2n) is 3.27. The molecule has 1 aromatic carbocycles. The minimum Gasteiger partial charge on any atom is -0.388 e. The van der Waals surface area contributed by atoms with Crippen LogP contribution in [0.1, 0.15) is 30.1 Å². The average Bonchev–Trinajstić information content (AvgIpc) is 2.18. The fourth-order valence-electron chi connectivity index (χ4n) is 1.20. The third kappa shape index (κ3) is 2.77. The molecule has 0 aliphatic carbocycles. The molecule has 0 fully saturated rings. The van der Waals surface area contributed by atoms with Crippen LogP contribution in [0, 0.1) is 19.3 Å². The van der Waals surface area contributed by atoms with E-state index in [9.17, 15) is 5.11 Å². The molecule has 0 heterocycles. The van der Waals surface area contributed by atoms with Crippen molar-refractivity contribution in [2.45, 2.75) is 25.9 Å². The Kier molecular flexibility index (Phi) is 4.00. The zero-order valence-corrected chi connectivity index (χ0v) is 8.88. The van der Waals surface area contributed by atoms with Crippen molar-refractivity contribution in [2.75, 3.05) is 0 Å². The Morgan fingerprint density at radius 2 is 2.29 bits per heavy atom. The van der Waals surface area contributed by atoms with E-state index in [1.165, 1.54) is 0 Å². The molecule has 1 rings (SSSR count). The molecular formula is C12H13ClO. The highest BCUT2D eigenvalue weighted by molar-refractivity contribution is 6.31. The van der Waals surface area contributed by atoms with Crippen LogP contribution in [0.15, 0.2) is 18.2 Å². The first kappa shape index (κ1) is 11.1. The molecule has 2 heteroatoms. The van der Waals surface area contributed by atoms with E-state index in [1.54, 1.807) is 6.07 Å². The van der Waals surface area contributed by atoms with E-state index in [0.717, 1.165) is 11.1 Å². The van der Waals surface area contributed by atoms with Gasteiger partial charge in [-0.15, -0.1) is 12.3 Å². The summed E-state index contributed by atoms with van der Waals surface area (Å²) < 4.78 is 0. The van der Waals surface area contributed by atoms with Crippen molar-refractivity contribution in [1.29, 1.82) is 0 Å². The predicted molar refractivity (Wildman–Crippen MR) is 59.2 cm³/mol. The largest absolute Gasteiger partial charge is 0.388 e. The second-order valence-corrected chi connectivity index (χ2v) is 3.67. The molecule has 1 nitrogen and oxygen atoms in total. The van der Waals surface area contributed by atoms with E-state index >= 15 is 0 Å². The SMILES string of the molecule is C#CCCC(O)c1ccc(C)c(Cl)c1. The Morgan fingerprint density at radius 3 is 2.86 bits per heavy atom. The molecular weight excluding hydrogens is 196 g/mol. The Bertz CT molecular complexity index is 352. The molecule has 0 saturated carbocycles. The van der Waals surface area contributed by atoms with Crippen LogP contribution in [-0.4, -0.2) is 5.11 Å². The van der Waals surface area contributed by atoms with Gasteiger partial charge in [0.2, 0.25) is 0 Å². The summed E-state index contributed by atoms with van der Waals surface area (Å²) in [4.78, 5) is 0. The van der Waals surface area contributed by atoms with E-state index < -0.39 is 6.10 Å². The molecule has 0 spiro atoms. The Hall–Kier alpha value is -0.970. The Balaban J connectivity index is 2.76. The molecule has 0 radical (unpaired) electrons. The summed E-state index contributed by atoms with van der Waals surface area (Å²) in [6.45, 7) is 1.93. The van der Waals surface area contributed by atoms with Gasteiger partial charge in [-0.2, -0.15) is 0 Å². The van der Waals surface area contributed by atoms with Crippen LogP contribution in [-0.2, 0) is 0 Å². The summed E-state index contributed by atoms with van der Waals surface area (Å²) >= 11 is 5.94. The average molecular weight is 209 g/mol. The Labute approximate surface area is 89.7 Å². The van der Waals surface area contributed by atoms with Gasteiger partial charge >= 0.3 is 0 Å². The maximum atomic E-state index is 9.71. The highest BCUT2D eigenvalue weighted by atomic mass is 35.5. The van der Waals surface area contributed by atoms with Gasteiger partial charge in [0.25, 0.3) is 0 Å². The van der Waals surface area contributed by atoms with Gasteiger partial charge in [-0.3, -0.25) is 0 Å². The molecule has 14 heavy (non-hydrogen) atoms. The third-order valence-electron chi connectivity index (χ3n) is 2.14. The number of hydrogen-bond donors (Lipinski definition) is 1. The minimum atomic E-state index is -0.510. The van der Waals surface area contributed by atoms with Crippen molar-refractivity contribution in [1.82, 2.24) is 0 Å². The summed E-state index contributed by atoms with van der Waals surface area (Å²) in [5, 5.41) is 10.4. The van der Waals surface area contributed by atoms with E-state index in [0.29, 0.717) is 17.9 Å². The molecule has 0 aromatic heterocycles. The fraction of sp³-hybridized carbons (Fsp3) is 0.333. The number of aliphatic hydroxyl groups is 1. The fourth-order valence-corrected chi connectivity index (χ4v) is 1.39. The van der Waals surface area contributed by atoms with Crippen LogP contribution >= 0.6 is 11.6 Å². The summed E-state index contributed by atoms with van der Waals surface area (Å²) in [5.41, 5.74) is 1.84. The van der Waals surface area contributed by atoms with Crippen LogP contribution in [0.25, 0.3) is 0 Å². The van der Waals surface area contributed by atoms with Gasteiger partial charge in [0.1, 0.15) is 0 Å². The molecule has 0 aliphatic heterocycles. The number of terminal acetylenes is 1. The first-order valence-electron chi connectivity index (χ1n) is 4.52. The predicted octanol–water partition coefficient (Wildman–Crippen LogP) is 3.10. The summed E-state index contributed by atoms with van der Waals surface area (Å²) in [6, 6.07) is 5.57. The van der Waals surface area contributed by atoms with Crippen molar-refractivity contribution < 1.29 is 5.11 Å². The summed E-state index contributed by atoms with van der Waals surface area (Å²) in [5.74, 6) is 2.50. The van der Waals surface area contributed by atoms with Gasteiger partial charge in [-0.25, -0.2) is 0 Å². The standard InChI is InChI=1S/C12H13ClO/c1-3-4-5-12(14)10-7-6-9(2)11(13)8-10/h1,6-8,12,14H,4-5H2,2H3. The van der Waals surface area contributed by atoms with Gasteiger partial charge < -0.3 is 5.11 Å². The molecule has 0 saturated heterocycles. The second kappa shape index (κ2) is 5.05. The molecule has 0 aliphatic rings. The Morgan fingerprint density at radius 1 is 1.57 bits per heavy atom. The maximum absolute atomic E-state index is 9.71. The van der Waals surface area contributed by atoms with Crippen LogP contribution in [0.5, 0.6) is 0 Å². The zero-order valence-electron chi connectivity index (χ0n) is 8.13. The van der Waals surface area contributed by atoms with Gasteiger partial charge in [0.15, 0.2) is 0 Å². The van der Waals surface area contributed by atoms with E-state index in [-0.39, 0.29) is 0 Å². The number of hydrogen-bond acceptors (Lipinski definition) is 1. The van der Waals surface area contributed by atoms with Crippen LogP contribution in [0.3, 0.4) is 0 Å². The van der Waals surface area contributed by atoms with Crippen molar-refractivity contribution >= 4 is 11.6 Å². The first-order valence-corrected chi connectivity index (χ1v) is 4.90. The lowest BCUT2D eigenvalue weighted by atomic mass is 10.0. The highest BCUT2D eigenvalue weighted by Gasteiger charge is 2.07. The highest BCUT2D eigenvalue weighted by Crippen LogP contribution is 2.23. The topological polar surface area (TPSA) is 20.2 Å². The molecule has 74 valence electrons. The smallest absolute Gasteiger partial charge is 0.0799 e. The molecule has 1 N–H and O–H groups in total. The lowest BCUT2D eigenvalue weighted by Gasteiger charge is -2.10. The number of halogens is 1. The van der Waals surface area contributed by atoms with E-state index in [4.69, 9.17) is 18.0 Å². The van der Waals surface area contributed by atoms with Crippen molar-refractivity contribution in [3.63, 3.8) is 0 Å². The summed E-state index contributed by atoms with van der Waals surface area (Å²) in [6.07, 6.45) is 5.77. The van der Waals surface area contributed by atoms with Gasteiger partial charge in [0.05, 0.1) is 6.10 Å². The molecule has 1 aromatic rings. The van der Waals surface area contributed by atoms with Crippen LogP contribution in [0.2, 0.25) is 5.02 Å². The lowest BCUT2D eigenvalue weighted by Crippen LogP contribution is -1.97. The first-order chi connectivity index (χ1) is 6.65. The molecule has 1 atom stereocenters. The lowest BCUT2D eigenvalue weighted by molar-refractivity contribution is 0.169. The van der Waals surface area contributed by atoms with Crippen LogP contribution < -0.4 is 0 Å². The van der Waals surface area contributed by atoms with Crippen molar-refractivity contribution in [3.05, 3.63) is 34.3 Å².